The second-order valence-corrected chi connectivity index (χ2v) is 11.9. The maximum atomic E-state index is 12.1. The lowest BCUT2D eigenvalue weighted by molar-refractivity contribution is -0.142. The molecule has 2 aliphatic rings. The van der Waals surface area contributed by atoms with E-state index in [9.17, 15) is 9.59 Å². The van der Waals surface area contributed by atoms with Crippen LogP contribution in [0.15, 0.2) is 12.2 Å². The molecule has 0 N–H and O–H groups in total. The predicted octanol–water partition coefficient (Wildman–Crippen LogP) is 4.72. The van der Waals surface area contributed by atoms with E-state index in [1.807, 2.05) is 0 Å². The van der Waals surface area contributed by atoms with Gasteiger partial charge in [0.25, 0.3) is 0 Å². The number of rotatable bonds is 8. The normalized spacial score (nSPS) is 24.9. The number of piperidine rings is 2. The van der Waals surface area contributed by atoms with Crippen LogP contribution < -0.4 is 0 Å². The van der Waals surface area contributed by atoms with Crippen molar-refractivity contribution in [1.82, 2.24) is 9.80 Å². The highest BCUT2D eigenvalue weighted by Gasteiger charge is 2.41. The van der Waals surface area contributed by atoms with Gasteiger partial charge >= 0.3 is 11.9 Å². The molecule has 0 saturated carbocycles. The summed E-state index contributed by atoms with van der Waals surface area (Å²) in [5, 5.41) is 0. The summed E-state index contributed by atoms with van der Waals surface area (Å²) in [5.74, 6) is -1.01. The van der Waals surface area contributed by atoms with Crippen LogP contribution in [0.2, 0.25) is 0 Å². The average Bonchev–Trinajstić information content (AvgIpc) is 2.63. The summed E-state index contributed by atoms with van der Waals surface area (Å²) in [7, 11) is 0. The van der Waals surface area contributed by atoms with Crippen LogP contribution in [0.25, 0.3) is 0 Å². The minimum atomic E-state index is -0.507. The SMILES string of the molecule is CC1(C)CCCC(C)(C)N1CCOC(=O)/C=C\C(=O)OCCN1C(C)(C)CCCC1(C)C. The highest BCUT2D eigenvalue weighted by Crippen LogP contribution is 2.38. The summed E-state index contributed by atoms with van der Waals surface area (Å²) in [6.07, 6.45) is 9.34. The number of nitrogens with zero attached hydrogens (tertiary/aromatic N) is 2. The molecular weight excluding hydrogens is 404 g/mol. The fourth-order valence-corrected chi connectivity index (χ4v) is 6.00. The van der Waals surface area contributed by atoms with Crippen molar-refractivity contribution in [2.45, 2.75) is 116 Å². The van der Waals surface area contributed by atoms with Crippen LogP contribution in [-0.4, -0.2) is 70.2 Å². The van der Waals surface area contributed by atoms with E-state index in [0.29, 0.717) is 26.3 Å². The summed E-state index contributed by atoms with van der Waals surface area (Å²) < 4.78 is 10.7. The van der Waals surface area contributed by atoms with Gasteiger partial charge in [0.1, 0.15) is 13.2 Å². The molecule has 0 bridgehead atoms. The molecule has 6 nitrogen and oxygen atoms in total. The number of hydrogen-bond acceptors (Lipinski definition) is 6. The van der Waals surface area contributed by atoms with E-state index in [-0.39, 0.29) is 22.2 Å². The first kappa shape index (κ1) is 26.8. The number of esters is 2. The third kappa shape index (κ3) is 7.05. The van der Waals surface area contributed by atoms with E-state index in [2.05, 4.69) is 65.2 Å². The third-order valence-electron chi connectivity index (χ3n) is 7.55. The van der Waals surface area contributed by atoms with Crippen LogP contribution in [0.4, 0.5) is 0 Å². The van der Waals surface area contributed by atoms with Crippen molar-refractivity contribution in [3.8, 4) is 0 Å². The van der Waals surface area contributed by atoms with E-state index in [1.54, 1.807) is 0 Å². The minimum absolute atomic E-state index is 0.0886. The highest BCUT2D eigenvalue weighted by atomic mass is 16.5. The standard InChI is InChI=1S/C26H46N2O4/c1-23(2)13-9-14-24(3,4)27(23)17-19-31-21(29)11-12-22(30)32-20-18-28-25(5,6)15-10-16-26(28,7)8/h11-12H,9-10,13-20H2,1-8H3/b12-11-. The van der Waals surface area contributed by atoms with E-state index < -0.39 is 11.9 Å². The van der Waals surface area contributed by atoms with Gasteiger partial charge in [0.15, 0.2) is 0 Å². The molecule has 2 rings (SSSR count). The molecular formula is C26H46N2O4. The number of hydrogen-bond donors (Lipinski definition) is 0. The van der Waals surface area contributed by atoms with Crippen molar-refractivity contribution >= 4 is 11.9 Å². The van der Waals surface area contributed by atoms with Gasteiger partial charge in [-0.3, -0.25) is 9.80 Å². The molecule has 184 valence electrons. The zero-order valence-electron chi connectivity index (χ0n) is 21.8. The molecule has 2 aliphatic heterocycles. The molecule has 0 spiro atoms. The maximum absolute atomic E-state index is 12.1. The molecule has 0 radical (unpaired) electrons. The number of likely N-dealkylation sites (tertiary alicyclic amines) is 2. The molecule has 2 saturated heterocycles. The predicted molar refractivity (Wildman–Crippen MR) is 128 cm³/mol. The van der Waals surface area contributed by atoms with E-state index in [0.717, 1.165) is 25.7 Å². The highest BCUT2D eigenvalue weighted by molar-refractivity contribution is 5.91. The van der Waals surface area contributed by atoms with E-state index in [4.69, 9.17) is 9.47 Å². The summed E-state index contributed by atoms with van der Waals surface area (Å²) in [5.41, 5.74) is 0.354. The number of carbonyl (C=O) groups is 2. The second-order valence-electron chi connectivity index (χ2n) is 11.9. The van der Waals surface area contributed by atoms with Crippen molar-refractivity contribution in [2.75, 3.05) is 26.3 Å². The Bertz CT molecular complexity index is 604. The molecule has 2 heterocycles. The summed E-state index contributed by atoms with van der Waals surface area (Å²) in [6.45, 7) is 20.0. The van der Waals surface area contributed by atoms with Crippen molar-refractivity contribution in [2.24, 2.45) is 0 Å². The lowest BCUT2D eigenvalue weighted by Gasteiger charge is -2.53. The fraction of sp³-hybridized carbons (Fsp3) is 0.846. The van der Waals surface area contributed by atoms with Gasteiger partial charge in [0, 0.05) is 47.4 Å². The van der Waals surface area contributed by atoms with Crippen molar-refractivity contribution in [3.63, 3.8) is 0 Å². The number of ether oxygens (including phenoxy) is 2. The topological polar surface area (TPSA) is 59.1 Å². The molecule has 0 aromatic rings. The van der Waals surface area contributed by atoms with Crippen molar-refractivity contribution in [1.29, 1.82) is 0 Å². The van der Waals surface area contributed by atoms with Crippen LogP contribution in [0.5, 0.6) is 0 Å². The second kappa shape index (κ2) is 10.3. The first-order chi connectivity index (χ1) is 14.7. The molecule has 6 heteroatoms. The molecule has 0 amide bonds. The zero-order valence-corrected chi connectivity index (χ0v) is 21.8. The first-order valence-corrected chi connectivity index (χ1v) is 12.2. The van der Waals surface area contributed by atoms with Crippen LogP contribution in [0.3, 0.4) is 0 Å². The summed E-state index contributed by atoms with van der Waals surface area (Å²) >= 11 is 0. The monoisotopic (exact) mass is 450 g/mol. The Balaban J connectivity index is 1.74. The minimum Gasteiger partial charge on any atom is -0.461 e. The number of carbonyl (C=O) groups excluding carboxylic acids is 2. The van der Waals surface area contributed by atoms with Gasteiger partial charge in [-0.15, -0.1) is 0 Å². The Morgan fingerprint density at radius 3 is 1.19 bits per heavy atom. The Hall–Kier alpha value is -1.40. The first-order valence-electron chi connectivity index (χ1n) is 12.2. The Labute approximate surface area is 195 Å². The van der Waals surface area contributed by atoms with Gasteiger partial charge in [0.05, 0.1) is 0 Å². The van der Waals surface area contributed by atoms with Gasteiger partial charge in [-0.1, -0.05) is 0 Å². The van der Waals surface area contributed by atoms with Gasteiger partial charge < -0.3 is 9.47 Å². The van der Waals surface area contributed by atoms with Crippen LogP contribution in [0.1, 0.15) is 93.9 Å². The molecule has 2 fully saturated rings. The Morgan fingerprint density at radius 1 is 0.625 bits per heavy atom. The van der Waals surface area contributed by atoms with Crippen molar-refractivity contribution < 1.29 is 19.1 Å². The summed E-state index contributed by atoms with van der Waals surface area (Å²) in [6, 6.07) is 0. The molecule has 0 aromatic heterocycles. The maximum Gasteiger partial charge on any atom is 0.331 e. The molecule has 32 heavy (non-hydrogen) atoms. The van der Waals surface area contributed by atoms with Gasteiger partial charge in [-0.2, -0.15) is 0 Å². The quantitative estimate of drug-likeness (QED) is 0.394. The van der Waals surface area contributed by atoms with Gasteiger partial charge in [-0.05, 0) is 93.9 Å². The fourth-order valence-electron chi connectivity index (χ4n) is 6.00. The Kier molecular flexibility index (Phi) is 8.60. The van der Waals surface area contributed by atoms with Crippen LogP contribution in [-0.2, 0) is 19.1 Å². The van der Waals surface area contributed by atoms with Crippen LogP contribution in [0, 0.1) is 0 Å². The Morgan fingerprint density at radius 2 is 0.906 bits per heavy atom. The lowest BCUT2D eigenvalue weighted by Crippen LogP contribution is -2.59. The van der Waals surface area contributed by atoms with E-state index in [1.165, 1.54) is 25.0 Å². The molecule has 0 unspecified atom stereocenters. The average molecular weight is 451 g/mol. The van der Waals surface area contributed by atoms with Crippen LogP contribution >= 0.6 is 0 Å². The lowest BCUT2D eigenvalue weighted by atomic mass is 9.80. The molecule has 0 atom stereocenters. The van der Waals surface area contributed by atoms with Gasteiger partial charge in [-0.25, -0.2) is 9.59 Å². The zero-order chi connectivity index (χ0) is 24.2. The third-order valence-corrected chi connectivity index (χ3v) is 7.55. The van der Waals surface area contributed by atoms with Gasteiger partial charge in [0.2, 0.25) is 0 Å². The van der Waals surface area contributed by atoms with E-state index >= 15 is 0 Å². The van der Waals surface area contributed by atoms with Crippen molar-refractivity contribution in [3.05, 3.63) is 12.2 Å². The molecule has 0 aromatic carbocycles. The smallest absolute Gasteiger partial charge is 0.331 e. The molecule has 0 aliphatic carbocycles. The summed E-state index contributed by atoms with van der Waals surface area (Å²) in [4.78, 5) is 29.0. The largest absolute Gasteiger partial charge is 0.461 e.